The van der Waals surface area contributed by atoms with Gasteiger partial charge in [-0.25, -0.2) is 0 Å². The molecule has 90 valence electrons. The smallest absolute Gasteiger partial charge is 0.251 e. The second-order valence-corrected chi connectivity index (χ2v) is 5.14. The lowest BCUT2D eigenvalue weighted by Crippen LogP contribution is -2.45. The molecular formula is C13H13ClO3. The standard InChI is InChI=1S/C13H13ClO3/c1-8(15)5-9-6-11-12(7-10(9)14)17-13(16-11)3-2-4-13/h6-7H,2-5H2,1H3. The van der Waals surface area contributed by atoms with Gasteiger partial charge in [0.2, 0.25) is 0 Å². The van der Waals surface area contributed by atoms with Gasteiger partial charge in [0.25, 0.3) is 5.79 Å². The molecule has 0 aromatic heterocycles. The summed E-state index contributed by atoms with van der Waals surface area (Å²) in [5.41, 5.74) is 0.804. The van der Waals surface area contributed by atoms with Crippen LogP contribution in [0.15, 0.2) is 12.1 Å². The average Bonchev–Trinajstić information content (AvgIpc) is 2.56. The molecule has 2 aliphatic rings. The number of halogens is 1. The largest absolute Gasteiger partial charge is 0.448 e. The van der Waals surface area contributed by atoms with Crippen molar-refractivity contribution in [2.45, 2.75) is 38.4 Å². The van der Waals surface area contributed by atoms with Crippen molar-refractivity contribution in [1.29, 1.82) is 0 Å². The average molecular weight is 253 g/mol. The number of hydrogen-bond acceptors (Lipinski definition) is 3. The van der Waals surface area contributed by atoms with Gasteiger partial charge in [-0.05, 0) is 25.0 Å². The Balaban J connectivity index is 1.92. The predicted molar refractivity (Wildman–Crippen MR) is 63.7 cm³/mol. The first-order valence-corrected chi connectivity index (χ1v) is 6.16. The van der Waals surface area contributed by atoms with Crippen LogP contribution in [0.3, 0.4) is 0 Å². The molecule has 3 rings (SSSR count). The summed E-state index contributed by atoms with van der Waals surface area (Å²) in [5.74, 6) is 1.05. The van der Waals surface area contributed by atoms with Crippen LogP contribution in [-0.4, -0.2) is 11.6 Å². The molecule has 4 heteroatoms. The van der Waals surface area contributed by atoms with E-state index < -0.39 is 5.79 Å². The summed E-state index contributed by atoms with van der Waals surface area (Å²) >= 11 is 6.12. The Morgan fingerprint density at radius 1 is 1.35 bits per heavy atom. The van der Waals surface area contributed by atoms with E-state index in [-0.39, 0.29) is 5.78 Å². The summed E-state index contributed by atoms with van der Waals surface area (Å²) < 4.78 is 11.6. The van der Waals surface area contributed by atoms with E-state index in [2.05, 4.69) is 0 Å². The van der Waals surface area contributed by atoms with Gasteiger partial charge in [-0.1, -0.05) is 11.6 Å². The lowest BCUT2D eigenvalue weighted by atomic mass is 9.91. The van der Waals surface area contributed by atoms with Gasteiger partial charge < -0.3 is 9.47 Å². The third-order valence-corrected chi connectivity index (χ3v) is 3.61. The van der Waals surface area contributed by atoms with Gasteiger partial charge in [-0.15, -0.1) is 0 Å². The van der Waals surface area contributed by atoms with Gasteiger partial charge in [-0.3, -0.25) is 4.79 Å². The highest BCUT2D eigenvalue weighted by molar-refractivity contribution is 6.31. The van der Waals surface area contributed by atoms with Crippen molar-refractivity contribution >= 4 is 17.4 Å². The van der Waals surface area contributed by atoms with Gasteiger partial charge >= 0.3 is 0 Å². The summed E-state index contributed by atoms with van der Waals surface area (Å²) in [6, 6.07) is 3.58. The fourth-order valence-corrected chi connectivity index (χ4v) is 2.45. The molecule has 1 aromatic rings. The zero-order valence-electron chi connectivity index (χ0n) is 9.59. The number of benzene rings is 1. The number of rotatable bonds is 2. The number of hydrogen-bond donors (Lipinski definition) is 0. The molecule has 1 saturated carbocycles. The first kappa shape index (κ1) is 10.9. The van der Waals surface area contributed by atoms with Gasteiger partial charge in [0, 0.05) is 30.4 Å². The van der Waals surface area contributed by atoms with Crippen LogP contribution < -0.4 is 9.47 Å². The predicted octanol–water partition coefficient (Wildman–Crippen LogP) is 3.12. The molecule has 0 N–H and O–H groups in total. The Bertz CT molecular complexity index is 492. The zero-order chi connectivity index (χ0) is 12.0. The highest BCUT2D eigenvalue weighted by atomic mass is 35.5. The Labute approximate surface area is 105 Å². The van der Waals surface area contributed by atoms with E-state index in [4.69, 9.17) is 21.1 Å². The van der Waals surface area contributed by atoms with Crippen molar-refractivity contribution in [3.63, 3.8) is 0 Å². The quantitative estimate of drug-likeness (QED) is 0.811. The number of fused-ring (bicyclic) bond motifs is 1. The molecule has 3 nitrogen and oxygen atoms in total. The van der Waals surface area contributed by atoms with Crippen molar-refractivity contribution < 1.29 is 14.3 Å². The van der Waals surface area contributed by atoms with E-state index in [0.717, 1.165) is 24.8 Å². The van der Waals surface area contributed by atoms with Gasteiger partial charge in [-0.2, -0.15) is 0 Å². The van der Waals surface area contributed by atoms with Gasteiger partial charge in [0.05, 0.1) is 0 Å². The monoisotopic (exact) mass is 252 g/mol. The third-order valence-electron chi connectivity index (χ3n) is 3.26. The van der Waals surface area contributed by atoms with Crippen LogP contribution in [0.1, 0.15) is 31.7 Å². The molecule has 1 fully saturated rings. The van der Waals surface area contributed by atoms with E-state index in [1.807, 2.05) is 6.07 Å². The van der Waals surface area contributed by atoms with Crippen molar-refractivity contribution in [1.82, 2.24) is 0 Å². The molecular weight excluding hydrogens is 240 g/mol. The van der Waals surface area contributed by atoms with E-state index in [1.54, 1.807) is 13.0 Å². The van der Waals surface area contributed by atoms with E-state index in [1.165, 1.54) is 0 Å². The van der Waals surface area contributed by atoms with E-state index in [0.29, 0.717) is 22.9 Å². The molecule has 1 spiro atoms. The Morgan fingerprint density at radius 3 is 2.53 bits per heavy atom. The fraction of sp³-hybridized carbons (Fsp3) is 0.462. The van der Waals surface area contributed by atoms with Crippen LogP contribution in [-0.2, 0) is 11.2 Å². The maximum absolute atomic E-state index is 11.1. The first-order valence-electron chi connectivity index (χ1n) is 5.78. The maximum Gasteiger partial charge on any atom is 0.251 e. The second-order valence-electron chi connectivity index (χ2n) is 4.74. The molecule has 0 saturated heterocycles. The second kappa shape index (κ2) is 3.64. The third kappa shape index (κ3) is 1.78. The van der Waals surface area contributed by atoms with Gasteiger partial charge in [0.1, 0.15) is 5.78 Å². The lowest BCUT2D eigenvalue weighted by molar-refractivity contribution is -0.138. The number of carbonyl (C=O) groups is 1. The summed E-state index contributed by atoms with van der Waals surface area (Å²) in [7, 11) is 0. The molecule has 0 radical (unpaired) electrons. The number of Topliss-reactive ketones (excluding diaryl/α,β-unsaturated/α-hetero) is 1. The Kier molecular flexibility index (Phi) is 2.33. The summed E-state index contributed by atoms with van der Waals surface area (Å²) in [6.45, 7) is 1.55. The number of carbonyl (C=O) groups excluding carboxylic acids is 1. The fourth-order valence-electron chi connectivity index (χ4n) is 2.23. The van der Waals surface area contributed by atoms with E-state index >= 15 is 0 Å². The van der Waals surface area contributed by atoms with Crippen LogP contribution in [0.2, 0.25) is 5.02 Å². The maximum atomic E-state index is 11.1. The number of ether oxygens (including phenoxy) is 2. The normalized spacial score (nSPS) is 19.2. The molecule has 1 heterocycles. The molecule has 0 atom stereocenters. The zero-order valence-corrected chi connectivity index (χ0v) is 10.3. The minimum absolute atomic E-state index is 0.0872. The topological polar surface area (TPSA) is 35.5 Å². The van der Waals surface area contributed by atoms with Crippen molar-refractivity contribution in [2.75, 3.05) is 0 Å². The van der Waals surface area contributed by atoms with Crippen LogP contribution >= 0.6 is 11.6 Å². The van der Waals surface area contributed by atoms with Crippen LogP contribution in [0.4, 0.5) is 0 Å². The highest BCUT2D eigenvalue weighted by Crippen LogP contribution is 2.49. The van der Waals surface area contributed by atoms with Crippen LogP contribution in [0.5, 0.6) is 11.5 Å². The molecule has 1 aliphatic carbocycles. The molecule has 17 heavy (non-hydrogen) atoms. The molecule has 0 bridgehead atoms. The molecule has 0 amide bonds. The first-order chi connectivity index (χ1) is 8.08. The SMILES string of the molecule is CC(=O)Cc1cc2c(cc1Cl)OC1(CCC1)O2. The molecule has 0 unspecified atom stereocenters. The van der Waals surface area contributed by atoms with Crippen molar-refractivity contribution in [3.05, 3.63) is 22.7 Å². The molecule has 1 aromatic carbocycles. The molecule has 1 aliphatic heterocycles. The summed E-state index contributed by atoms with van der Waals surface area (Å²) in [6.07, 6.45) is 3.30. The Morgan fingerprint density at radius 2 is 2.00 bits per heavy atom. The lowest BCUT2D eigenvalue weighted by Gasteiger charge is -2.35. The van der Waals surface area contributed by atoms with Crippen molar-refractivity contribution in [3.8, 4) is 11.5 Å². The highest BCUT2D eigenvalue weighted by Gasteiger charge is 2.47. The number of ketones is 1. The summed E-state index contributed by atoms with van der Waals surface area (Å²) in [4.78, 5) is 11.1. The van der Waals surface area contributed by atoms with Crippen LogP contribution in [0.25, 0.3) is 0 Å². The minimum atomic E-state index is -0.444. The Hall–Kier alpha value is -1.22. The van der Waals surface area contributed by atoms with Crippen molar-refractivity contribution in [2.24, 2.45) is 0 Å². The minimum Gasteiger partial charge on any atom is -0.448 e. The van der Waals surface area contributed by atoms with E-state index in [9.17, 15) is 4.79 Å². The summed E-state index contributed by atoms with van der Waals surface area (Å²) in [5, 5.41) is 0.568. The van der Waals surface area contributed by atoms with Crippen LogP contribution in [0, 0.1) is 0 Å². The van der Waals surface area contributed by atoms with Gasteiger partial charge in [0.15, 0.2) is 11.5 Å².